The van der Waals surface area contributed by atoms with E-state index in [1.807, 2.05) is 6.07 Å². The first-order valence-electron chi connectivity index (χ1n) is 5.13. The van der Waals surface area contributed by atoms with Crippen LogP contribution in [-0.4, -0.2) is 24.6 Å². The third-order valence-corrected chi connectivity index (χ3v) is 2.87. The van der Waals surface area contributed by atoms with E-state index < -0.39 is 0 Å². The van der Waals surface area contributed by atoms with Gasteiger partial charge in [-0.3, -0.25) is 0 Å². The Morgan fingerprint density at radius 1 is 1.53 bits per heavy atom. The first-order valence-corrected chi connectivity index (χ1v) is 5.13. The molecule has 15 heavy (non-hydrogen) atoms. The number of carbonyl (C=O) groups is 1. The molecule has 1 fully saturated rings. The molecule has 1 saturated heterocycles. The maximum absolute atomic E-state index is 11.1. The zero-order valence-electron chi connectivity index (χ0n) is 8.43. The van der Waals surface area contributed by atoms with E-state index in [4.69, 9.17) is 4.74 Å². The van der Waals surface area contributed by atoms with Gasteiger partial charge in [0.2, 0.25) is 0 Å². The first-order chi connectivity index (χ1) is 7.31. The first kappa shape index (κ1) is 10.2. The molecule has 3 heteroatoms. The van der Waals surface area contributed by atoms with Crippen LogP contribution in [0.5, 0.6) is 5.75 Å². The largest absolute Gasteiger partial charge is 0.508 e. The van der Waals surface area contributed by atoms with Gasteiger partial charge in [0, 0.05) is 12.5 Å². The van der Waals surface area contributed by atoms with E-state index >= 15 is 0 Å². The molecule has 3 nitrogen and oxygen atoms in total. The Labute approximate surface area is 88.7 Å². The maximum atomic E-state index is 11.1. The number of phenols is 1. The van der Waals surface area contributed by atoms with E-state index in [9.17, 15) is 9.90 Å². The molecular weight excluding hydrogens is 192 g/mol. The molecule has 1 heterocycles. The zero-order chi connectivity index (χ0) is 10.7. The highest BCUT2D eigenvalue weighted by Crippen LogP contribution is 2.30. The quantitative estimate of drug-likeness (QED) is 0.766. The minimum absolute atomic E-state index is 0.153. The van der Waals surface area contributed by atoms with Crippen LogP contribution in [0.15, 0.2) is 24.3 Å². The normalized spacial score (nSPS) is 22.5. The van der Waals surface area contributed by atoms with Crippen LogP contribution in [0.25, 0.3) is 0 Å². The number of carbonyl (C=O) groups excluding carboxylic acids is 1. The third kappa shape index (κ3) is 2.18. The van der Waals surface area contributed by atoms with Crippen LogP contribution in [0, 0.1) is 5.92 Å². The number of phenolic OH excluding ortho intramolecular Hbond substituents is 1. The summed E-state index contributed by atoms with van der Waals surface area (Å²) < 4.78 is 5.27. The third-order valence-electron chi connectivity index (χ3n) is 2.87. The van der Waals surface area contributed by atoms with E-state index in [-0.39, 0.29) is 17.6 Å². The van der Waals surface area contributed by atoms with Gasteiger partial charge in [-0.15, -0.1) is 0 Å². The Balaban J connectivity index is 2.21. The molecular formula is C12H14O3. The second-order valence-electron chi connectivity index (χ2n) is 3.88. The van der Waals surface area contributed by atoms with Crippen molar-refractivity contribution in [2.75, 3.05) is 13.2 Å². The Bertz CT molecular complexity index is 342. The SMILES string of the molecule is O=CC(c1cccc(O)c1)C1CCOC1. The van der Waals surface area contributed by atoms with E-state index in [1.165, 1.54) is 0 Å². The Kier molecular flexibility index (Phi) is 3.02. The topological polar surface area (TPSA) is 46.5 Å². The van der Waals surface area contributed by atoms with Crippen LogP contribution in [0.3, 0.4) is 0 Å². The number of hydrogen-bond acceptors (Lipinski definition) is 3. The van der Waals surface area contributed by atoms with Crippen molar-refractivity contribution in [2.24, 2.45) is 5.92 Å². The summed E-state index contributed by atoms with van der Waals surface area (Å²) >= 11 is 0. The standard InChI is InChI=1S/C12H14O3/c13-7-12(10-4-5-15-8-10)9-2-1-3-11(14)6-9/h1-3,6-7,10,12,14H,4-5,8H2. The lowest BCUT2D eigenvalue weighted by atomic mass is 9.86. The molecule has 2 unspecified atom stereocenters. The highest BCUT2D eigenvalue weighted by atomic mass is 16.5. The fraction of sp³-hybridized carbons (Fsp3) is 0.417. The summed E-state index contributed by atoms with van der Waals surface area (Å²) in [6.07, 6.45) is 1.87. The smallest absolute Gasteiger partial charge is 0.127 e. The maximum Gasteiger partial charge on any atom is 0.127 e. The fourth-order valence-corrected chi connectivity index (χ4v) is 2.03. The van der Waals surface area contributed by atoms with Gasteiger partial charge >= 0.3 is 0 Å². The molecule has 1 aromatic carbocycles. The van der Waals surface area contributed by atoms with Gasteiger partial charge in [0.15, 0.2) is 0 Å². The van der Waals surface area contributed by atoms with Crippen LogP contribution in [0.4, 0.5) is 0 Å². The molecule has 0 amide bonds. The van der Waals surface area contributed by atoms with E-state index in [0.717, 1.165) is 24.9 Å². The molecule has 2 rings (SSSR count). The summed E-state index contributed by atoms with van der Waals surface area (Å²) in [6, 6.07) is 6.89. The van der Waals surface area contributed by atoms with Crippen LogP contribution in [0.2, 0.25) is 0 Å². The summed E-state index contributed by atoms with van der Waals surface area (Å²) in [5.41, 5.74) is 0.875. The average Bonchev–Trinajstić information content (AvgIpc) is 2.72. The van der Waals surface area contributed by atoms with Crippen molar-refractivity contribution < 1.29 is 14.6 Å². The van der Waals surface area contributed by atoms with Crippen molar-refractivity contribution in [3.05, 3.63) is 29.8 Å². The molecule has 0 aromatic heterocycles. The van der Waals surface area contributed by atoms with Gasteiger partial charge in [-0.25, -0.2) is 0 Å². The number of benzene rings is 1. The summed E-state index contributed by atoms with van der Waals surface area (Å²) in [4.78, 5) is 11.1. The van der Waals surface area contributed by atoms with Gasteiger partial charge in [-0.2, -0.15) is 0 Å². The van der Waals surface area contributed by atoms with Gasteiger partial charge in [-0.05, 0) is 30.0 Å². The van der Waals surface area contributed by atoms with Crippen LogP contribution in [0.1, 0.15) is 17.9 Å². The second-order valence-corrected chi connectivity index (χ2v) is 3.88. The van der Waals surface area contributed by atoms with Crippen molar-refractivity contribution in [2.45, 2.75) is 12.3 Å². The van der Waals surface area contributed by atoms with Crippen molar-refractivity contribution >= 4 is 6.29 Å². The number of hydrogen-bond donors (Lipinski definition) is 1. The molecule has 0 saturated carbocycles. The Morgan fingerprint density at radius 2 is 2.40 bits per heavy atom. The van der Waals surface area contributed by atoms with Crippen molar-refractivity contribution in [3.63, 3.8) is 0 Å². The van der Waals surface area contributed by atoms with Gasteiger partial charge in [0.25, 0.3) is 0 Å². The minimum Gasteiger partial charge on any atom is -0.508 e. The molecule has 1 N–H and O–H groups in total. The summed E-state index contributed by atoms with van der Waals surface area (Å²) in [6.45, 7) is 1.37. The van der Waals surface area contributed by atoms with Crippen molar-refractivity contribution in [1.29, 1.82) is 0 Å². The summed E-state index contributed by atoms with van der Waals surface area (Å²) in [5.74, 6) is 0.308. The predicted octanol–water partition coefficient (Wildman–Crippen LogP) is 1.71. The monoisotopic (exact) mass is 206 g/mol. The molecule has 2 atom stereocenters. The van der Waals surface area contributed by atoms with E-state index in [2.05, 4.69) is 0 Å². The molecule has 1 aromatic rings. The minimum atomic E-state index is -0.153. The molecule has 0 aliphatic carbocycles. The average molecular weight is 206 g/mol. The molecule has 80 valence electrons. The molecule has 0 bridgehead atoms. The fourth-order valence-electron chi connectivity index (χ4n) is 2.03. The highest BCUT2D eigenvalue weighted by molar-refractivity contribution is 5.63. The number of ether oxygens (including phenoxy) is 1. The van der Waals surface area contributed by atoms with Crippen LogP contribution in [-0.2, 0) is 9.53 Å². The van der Waals surface area contributed by atoms with Crippen molar-refractivity contribution in [1.82, 2.24) is 0 Å². The zero-order valence-corrected chi connectivity index (χ0v) is 8.43. The van der Waals surface area contributed by atoms with Gasteiger partial charge in [0.1, 0.15) is 12.0 Å². The van der Waals surface area contributed by atoms with Gasteiger partial charge in [-0.1, -0.05) is 12.1 Å². The number of aldehydes is 1. The Morgan fingerprint density at radius 3 is 3.00 bits per heavy atom. The van der Waals surface area contributed by atoms with Crippen LogP contribution < -0.4 is 0 Å². The van der Waals surface area contributed by atoms with Gasteiger partial charge in [0.05, 0.1) is 6.61 Å². The van der Waals surface area contributed by atoms with E-state index in [1.54, 1.807) is 18.2 Å². The van der Waals surface area contributed by atoms with E-state index in [0.29, 0.717) is 6.61 Å². The summed E-state index contributed by atoms with van der Waals surface area (Å²) in [7, 11) is 0. The molecule has 1 aliphatic heterocycles. The number of aromatic hydroxyl groups is 1. The molecule has 1 aliphatic rings. The molecule has 0 radical (unpaired) electrons. The lowest BCUT2D eigenvalue weighted by molar-refractivity contribution is -0.110. The highest BCUT2D eigenvalue weighted by Gasteiger charge is 2.26. The lowest BCUT2D eigenvalue weighted by Gasteiger charge is -2.16. The number of rotatable bonds is 3. The van der Waals surface area contributed by atoms with Gasteiger partial charge < -0.3 is 14.6 Å². The summed E-state index contributed by atoms with van der Waals surface area (Å²) in [5, 5.41) is 9.35. The van der Waals surface area contributed by atoms with Crippen molar-refractivity contribution in [3.8, 4) is 5.75 Å². The lowest BCUT2D eigenvalue weighted by Crippen LogP contribution is -2.14. The Hall–Kier alpha value is -1.35. The van der Waals surface area contributed by atoms with Crippen LogP contribution >= 0.6 is 0 Å². The second kappa shape index (κ2) is 4.45. The predicted molar refractivity (Wildman–Crippen MR) is 55.8 cm³/mol. The molecule has 0 spiro atoms.